The van der Waals surface area contributed by atoms with E-state index in [1.807, 2.05) is 30.0 Å². The van der Waals surface area contributed by atoms with E-state index in [4.69, 9.17) is 0 Å². The summed E-state index contributed by atoms with van der Waals surface area (Å²) < 4.78 is 27.0. The van der Waals surface area contributed by atoms with Crippen molar-refractivity contribution >= 4 is 27.0 Å². The maximum Gasteiger partial charge on any atom is 0.225 e. The van der Waals surface area contributed by atoms with Gasteiger partial charge in [0.05, 0.1) is 23.3 Å². The Kier molecular flexibility index (Phi) is 4.71. The first-order chi connectivity index (χ1) is 12.8. The number of carbonyl (C=O) groups excluding carboxylic acids is 1. The molecule has 3 heterocycles. The zero-order chi connectivity index (χ0) is 19.2. The predicted octanol–water partition coefficient (Wildman–Crippen LogP) is 1.79. The fraction of sp³-hybridized carbons (Fsp3) is 0.579. The second kappa shape index (κ2) is 6.91. The van der Waals surface area contributed by atoms with E-state index in [0.717, 1.165) is 29.8 Å². The summed E-state index contributed by atoms with van der Waals surface area (Å²) in [5.74, 6) is 1.09. The van der Waals surface area contributed by atoms with Crippen LogP contribution in [0.5, 0.6) is 0 Å². The van der Waals surface area contributed by atoms with Gasteiger partial charge in [0.25, 0.3) is 0 Å². The molecule has 2 saturated heterocycles. The van der Waals surface area contributed by atoms with E-state index in [-0.39, 0.29) is 17.9 Å². The monoisotopic (exact) mass is 390 g/mol. The number of para-hydroxylation sites is 2. The Labute approximate surface area is 160 Å². The summed E-state index contributed by atoms with van der Waals surface area (Å²) in [5, 5.41) is 0. The van der Waals surface area contributed by atoms with Gasteiger partial charge in [0.1, 0.15) is 5.82 Å². The molecule has 1 atom stereocenters. The predicted molar refractivity (Wildman–Crippen MR) is 104 cm³/mol. The number of rotatable bonds is 3. The fourth-order valence-electron chi connectivity index (χ4n) is 4.47. The number of aromatic nitrogens is 2. The van der Waals surface area contributed by atoms with Gasteiger partial charge in [-0.25, -0.2) is 17.7 Å². The number of sulfonamides is 1. The maximum atomic E-state index is 13.0. The first-order valence-corrected chi connectivity index (χ1v) is 11.4. The quantitative estimate of drug-likeness (QED) is 0.801. The second-order valence-corrected chi connectivity index (χ2v) is 9.66. The highest BCUT2D eigenvalue weighted by molar-refractivity contribution is 7.88. The Bertz CT molecular complexity index is 960. The fourth-order valence-corrected chi connectivity index (χ4v) is 5.35. The number of piperidine rings is 1. The molecular formula is C19H26N4O3S. The van der Waals surface area contributed by atoms with Gasteiger partial charge < -0.3 is 9.47 Å². The van der Waals surface area contributed by atoms with Crippen LogP contribution in [0.1, 0.15) is 31.1 Å². The lowest BCUT2D eigenvalue weighted by atomic mass is 9.96. The van der Waals surface area contributed by atoms with Crippen LogP contribution < -0.4 is 0 Å². The molecule has 1 amide bonds. The minimum absolute atomic E-state index is 0.0672. The standard InChI is InChI=1S/C19H26N4O3S/c1-14-20-17-5-3-4-6-18(17)23(14)16-9-10-21(13-16)19(24)15-7-11-22(12-8-15)27(2,25)26/h3-6,15-16H,7-13H2,1-2H3. The molecule has 1 aromatic carbocycles. The van der Waals surface area contributed by atoms with Crippen molar-refractivity contribution in [3.63, 3.8) is 0 Å². The van der Waals surface area contributed by atoms with Crippen molar-refractivity contribution in [1.82, 2.24) is 18.8 Å². The zero-order valence-electron chi connectivity index (χ0n) is 15.8. The Hall–Kier alpha value is -1.93. The Morgan fingerprint density at radius 2 is 1.81 bits per heavy atom. The van der Waals surface area contributed by atoms with Crippen molar-refractivity contribution in [2.45, 2.75) is 32.2 Å². The molecule has 2 aromatic rings. The van der Waals surface area contributed by atoms with Gasteiger partial charge in [-0.1, -0.05) is 12.1 Å². The number of benzene rings is 1. The summed E-state index contributed by atoms with van der Waals surface area (Å²) >= 11 is 0. The highest BCUT2D eigenvalue weighted by Crippen LogP contribution is 2.30. The van der Waals surface area contributed by atoms with Crippen LogP contribution in [0, 0.1) is 12.8 Å². The van der Waals surface area contributed by atoms with Gasteiger partial charge in [-0.15, -0.1) is 0 Å². The van der Waals surface area contributed by atoms with Crippen molar-refractivity contribution in [2.24, 2.45) is 5.92 Å². The molecule has 1 unspecified atom stereocenters. The number of nitrogens with zero attached hydrogens (tertiary/aromatic N) is 4. The number of hydrogen-bond donors (Lipinski definition) is 0. The van der Waals surface area contributed by atoms with Crippen molar-refractivity contribution in [2.75, 3.05) is 32.4 Å². The molecule has 0 saturated carbocycles. The van der Waals surface area contributed by atoms with Crippen LogP contribution in [0.2, 0.25) is 0 Å². The van der Waals surface area contributed by atoms with Gasteiger partial charge in [0, 0.05) is 32.1 Å². The summed E-state index contributed by atoms with van der Waals surface area (Å²) in [5.41, 5.74) is 2.11. The molecule has 0 N–H and O–H groups in total. The highest BCUT2D eigenvalue weighted by atomic mass is 32.2. The molecule has 0 bridgehead atoms. The average Bonchev–Trinajstić information content (AvgIpc) is 3.23. The normalized spacial score (nSPS) is 22.6. The van der Waals surface area contributed by atoms with E-state index < -0.39 is 10.0 Å². The molecule has 0 spiro atoms. The summed E-state index contributed by atoms with van der Waals surface area (Å²) in [7, 11) is -3.16. The van der Waals surface area contributed by atoms with E-state index in [9.17, 15) is 13.2 Å². The van der Waals surface area contributed by atoms with Crippen molar-refractivity contribution in [3.8, 4) is 0 Å². The van der Waals surface area contributed by atoms with Crippen LogP contribution in [0.4, 0.5) is 0 Å². The summed E-state index contributed by atoms with van der Waals surface area (Å²) in [6.45, 7) is 4.36. The zero-order valence-corrected chi connectivity index (χ0v) is 16.7. The van der Waals surface area contributed by atoms with Crippen molar-refractivity contribution in [1.29, 1.82) is 0 Å². The molecule has 146 valence electrons. The summed E-state index contributed by atoms with van der Waals surface area (Å²) in [6, 6.07) is 8.37. The Balaban J connectivity index is 1.44. The molecule has 0 radical (unpaired) electrons. The van der Waals surface area contributed by atoms with Crippen LogP contribution in [-0.2, 0) is 14.8 Å². The maximum absolute atomic E-state index is 13.0. The molecule has 2 aliphatic heterocycles. The third-order valence-electron chi connectivity index (χ3n) is 5.88. The van der Waals surface area contributed by atoms with Gasteiger partial charge in [-0.3, -0.25) is 4.79 Å². The molecule has 27 heavy (non-hydrogen) atoms. The summed E-state index contributed by atoms with van der Waals surface area (Å²) in [4.78, 5) is 19.6. The van der Waals surface area contributed by atoms with Gasteiger partial charge >= 0.3 is 0 Å². The molecule has 2 aliphatic rings. The number of imidazole rings is 1. The highest BCUT2D eigenvalue weighted by Gasteiger charge is 2.35. The van der Waals surface area contributed by atoms with Gasteiger partial charge in [-0.2, -0.15) is 0 Å². The number of aryl methyl sites for hydroxylation is 1. The van der Waals surface area contributed by atoms with Gasteiger partial charge in [0.15, 0.2) is 0 Å². The Morgan fingerprint density at radius 1 is 1.11 bits per heavy atom. The minimum Gasteiger partial charge on any atom is -0.340 e. The van der Waals surface area contributed by atoms with E-state index in [1.165, 1.54) is 10.6 Å². The minimum atomic E-state index is -3.16. The lowest BCUT2D eigenvalue weighted by Gasteiger charge is -2.31. The lowest BCUT2D eigenvalue weighted by molar-refractivity contribution is -0.135. The van der Waals surface area contributed by atoms with Crippen molar-refractivity contribution in [3.05, 3.63) is 30.1 Å². The third-order valence-corrected chi connectivity index (χ3v) is 7.19. The number of carbonyl (C=O) groups is 1. The second-order valence-electron chi connectivity index (χ2n) is 7.68. The lowest BCUT2D eigenvalue weighted by Crippen LogP contribution is -2.43. The van der Waals surface area contributed by atoms with Gasteiger partial charge in [0.2, 0.25) is 15.9 Å². The number of hydrogen-bond acceptors (Lipinski definition) is 4. The van der Waals surface area contributed by atoms with Crippen LogP contribution >= 0.6 is 0 Å². The summed E-state index contributed by atoms with van der Waals surface area (Å²) in [6.07, 6.45) is 3.38. The molecule has 1 aromatic heterocycles. The third kappa shape index (κ3) is 3.48. The van der Waals surface area contributed by atoms with Crippen LogP contribution in [0.15, 0.2) is 24.3 Å². The number of fused-ring (bicyclic) bond motifs is 1. The van der Waals surface area contributed by atoms with Crippen LogP contribution in [0.3, 0.4) is 0 Å². The topological polar surface area (TPSA) is 75.5 Å². The largest absolute Gasteiger partial charge is 0.340 e. The number of amides is 1. The Morgan fingerprint density at radius 3 is 2.52 bits per heavy atom. The SMILES string of the molecule is Cc1nc2ccccc2n1C1CCN(C(=O)C2CCN(S(C)(=O)=O)CC2)C1. The van der Waals surface area contributed by atoms with Crippen molar-refractivity contribution < 1.29 is 13.2 Å². The molecule has 4 rings (SSSR count). The van der Waals surface area contributed by atoms with E-state index in [0.29, 0.717) is 32.5 Å². The van der Waals surface area contributed by atoms with E-state index in [2.05, 4.69) is 15.6 Å². The smallest absolute Gasteiger partial charge is 0.225 e. The number of likely N-dealkylation sites (tertiary alicyclic amines) is 1. The van der Waals surface area contributed by atoms with E-state index in [1.54, 1.807) is 0 Å². The molecule has 8 heteroatoms. The molecule has 0 aliphatic carbocycles. The molecule has 7 nitrogen and oxygen atoms in total. The average molecular weight is 391 g/mol. The van der Waals surface area contributed by atoms with E-state index >= 15 is 0 Å². The molecular weight excluding hydrogens is 364 g/mol. The van der Waals surface area contributed by atoms with Crippen LogP contribution in [-0.4, -0.2) is 65.5 Å². The van der Waals surface area contributed by atoms with Crippen LogP contribution in [0.25, 0.3) is 11.0 Å². The molecule has 2 fully saturated rings. The van der Waals surface area contributed by atoms with Gasteiger partial charge in [-0.05, 0) is 38.3 Å². The first-order valence-electron chi connectivity index (χ1n) is 9.52. The first kappa shape index (κ1) is 18.4.